The number of rotatable bonds is 9. The molecule has 0 aliphatic carbocycles. The van der Waals surface area contributed by atoms with Crippen LogP contribution in [-0.2, 0) is 4.79 Å². The van der Waals surface area contributed by atoms with E-state index in [2.05, 4.69) is 6.92 Å². The van der Waals surface area contributed by atoms with Crippen molar-refractivity contribution in [1.82, 2.24) is 0 Å². The third-order valence-electron chi connectivity index (χ3n) is 3.01. The molecule has 0 amide bonds. The standard InChI is InChI=1S/C11H23BO3/c1-3-4-6-10(7-5-8-12-15)9(2)11(13)14/h9-10,12,15H,3-8H2,1-2H3,(H,13,14). The Morgan fingerprint density at radius 2 is 1.93 bits per heavy atom. The molecule has 0 radical (unpaired) electrons. The van der Waals surface area contributed by atoms with Gasteiger partial charge in [0.25, 0.3) is 7.48 Å². The highest BCUT2D eigenvalue weighted by Crippen LogP contribution is 2.24. The van der Waals surface area contributed by atoms with Crippen LogP contribution in [0.5, 0.6) is 0 Å². The van der Waals surface area contributed by atoms with E-state index in [1.165, 1.54) is 0 Å². The molecule has 3 nitrogen and oxygen atoms in total. The van der Waals surface area contributed by atoms with E-state index in [-0.39, 0.29) is 19.3 Å². The van der Waals surface area contributed by atoms with Crippen LogP contribution in [-0.4, -0.2) is 23.6 Å². The number of unbranched alkanes of at least 4 members (excludes halogenated alkanes) is 1. The van der Waals surface area contributed by atoms with Crippen molar-refractivity contribution in [2.75, 3.05) is 0 Å². The minimum Gasteiger partial charge on any atom is -0.481 e. The summed E-state index contributed by atoms with van der Waals surface area (Å²) in [6.45, 7) is 3.91. The molecule has 2 atom stereocenters. The molecule has 0 heterocycles. The fraction of sp³-hybridized carbons (Fsp3) is 0.909. The fourth-order valence-electron chi connectivity index (χ4n) is 1.83. The second-order valence-electron chi connectivity index (χ2n) is 4.25. The van der Waals surface area contributed by atoms with Crippen molar-refractivity contribution in [3.8, 4) is 0 Å². The Morgan fingerprint density at radius 1 is 1.33 bits per heavy atom. The van der Waals surface area contributed by atoms with Gasteiger partial charge in [-0.15, -0.1) is 0 Å². The zero-order chi connectivity index (χ0) is 11.7. The lowest BCUT2D eigenvalue weighted by Crippen LogP contribution is -2.20. The van der Waals surface area contributed by atoms with Crippen LogP contribution in [0, 0.1) is 11.8 Å². The van der Waals surface area contributed by atoms with Crippen molar-refractivity contribution in [1.29, 1.82) is 0 Å². The van der Waals surface area contributed by atoms with Gasteiger partial charge in [0.05, 0.1) is 5.92 Å². The molecule has 0 aromatic carbocycles. The number of carboxylic acids is 1. The average molecular weight is 214 g/mol. The van der Waals surface area contributed by atoms with Crippen molar-refractivity contribution in [3.63, 3.8) is 0 Å². The zero-order valence-corrected chi connectivity index (χ0v) is 9.91. The topological polar surface area (TPSA) is 57.5 Å². The lowest BCUT2D eigenvalue weighted by Gasteiger charge is -2.20. The molecule has 4 heteroatoms. The molecule has 2 unspecified atom stereocenters. The van der Waals surface area contributed by atoms with Crippen LogP contribution < -0.4 is 0 Å². The average Bonchev–Trinajstić information content (AvgIpc) is 2.22. The van der Waals surface area contributed by atoms with E-state index in [0.717, 1.165) is 38.4 Å². The van der Waals surface area contributed by atoms with E-state index in [1.807, 2.05) is 0 Å². The van der Waals surface area contributed by atoms with Crippen LogP contribution >= 0.6 is 0 Å². The summed E-state index contributed by atoms with van der Waals surface area (Å²) in [5.41, 5.74) is 0. The molecule has 0 aliphatic heterocycles. The summed E-state index contributed by atoms with van der Waals surface area (Å²) in [5, 5.41) is 17.6. The number of aliphatic carboxylic acids is 1. The number of hydrogen-bond donors (Lipinski definition) is 2. The van der Waals surface area contributed by atoms with Gasteiger partial charge in [-0.2, -0.15) is 0 Å². The van der Waals surface area contributed by atoms with Crippen LogP contribution in [0.4, 0.5) is 0 Å². The maximum absolute atomic E-state index is 10.9. The monoisotopic (exact) mass is 214 g/mol. The lowest BCUT2D eigenvalue weighted by molar-refractivity contribution is -0.143. The van der Waals surface area contributed by atoms with Gasteiger partial charge < -0.3 is 10.1 Å². The van der Waals surface area contributed by atoms with Gasteiger partial charge in [-0.1, -0.05) is 45.9 Å². The van der Waals surface area contributed by atoms with Gasteiger partial charge in [-0.25, -0.2) is 0 Å². The Bertz CT molecular complexity index is 173. The van der Waals surface area contributed by atoms with Crippen molar-refractivity contribution in [2.45, 2.75) is 52.3 Å². The molecule has 2 N–H and O–H groups in total. The highest BCUT2D eigenvalue weighted by atomic mass is 16.4. The molecule has 0 aromatic rings. The predicted octanol–water partition coefficient (Wildman–Crippen LogP) is 2.06. The van der Waals surface area contributed by atoms with Crippen molar-refractivity contribution >= 4 is 13.5 Å². The largest absolute Gasteiger partial charge is 0.481 e. The summed E-state index contributed by atoms with van der Waals surface area (Å²) in [6.07, 6.45) is 5.85. The lowest BCUT2D eigenvalue weighted by atomic mass is 9.82. The minimum atomic E-state index is -0.694. The van der Waals surface area contributed by atoms with Crippen LogP contribution in [0.3, 0.4) is 0 Å². The summed E-state index contributed by atoms with van der Waals surface area (Å²) in [5.74, 6) is -0.677. The first-order valence-corrected chi connectivity index (χ1v) is 5.97. The van der Waals surface area contributed by atoms with Crippen LogP contribution in [0.2, 0.25) is 6.32 Å². The number of hydrogen-bond acceptors (Lipinski definition) is 2. The van der Waals surface area contributed by atoms with E-state index in [1.54, 1.807) is 6.92 Å². The molecule has 0 aliphatic rings. The van der Waals surface area contributed by atoms with Gasteiger partial charge in [0, 0.05) is 0 Å². The molecule has 0 aromatic heterocycles. The second kappa shape index (κ2) is 8.78. The molecular formula is C11H23BO3. The van der Waals surface area contributed by atoms with Crippen LogP contribution in [0.1, 0.15) is 46.0 Å². The number of carboxylic acid groups (broad SMARTS) is 1. The molecule has 0 rings (SSSR count). The quantitative estimate of drug-likeness (QED) is 0.456. The molecule has 88 valence electrons. The Kier molecular flexibility index (Phi) is 8.48. The van der Waals surface area contributed by atoms with Gasteiger partial charge >= 0.3 is 5.97 Å². The summed E-state index contributed by atoms with van der Waals surface area (Å²) < 4.78 is 0. The summed E-state index contributed by atoms with van der Waals surface area (Å²) >= 11 is 0. The normalized spacial score (nSPS) is 14.6. The van der Waals surface area contributed by atoms with Crippen molar-refractivity contribution in [2.24, 2.45) is 11.8 Å². The molecular weight excluding hydrogens is 191 g/mol. The van der Waals surface area contributed by atoms with Gasteiger partial charge in [-0.3, -0.25) is 4.79 Å². The molecule has 0 fully saturated rings. The molecule has 0 bridgehead atoms. The van der Waals surface area contributed by atoms with E-state index in [4.69, 9.17) is 10.1 Å². The predicted molar refractivity (Wildman–Crippen MR) is 63.2 cm³/mol. The summed E-state index contributed by atoms with van der Waals surface area (Å²) in [6, 6.07) is 0. The van der Waals surface area contributed by atoms with Crippen LogP contribution in [0.25, 0.3) is 0 Å². The summed E-state index contributed by atoms with van der Waals surface area (Å²) in [7, 11) is 0.210. The minimum absolute atomic E-state index is 0.210. The van der Waals surface area contributed by atoms with Crippen LogP contribution in [0.15, 0.2) is 0 Å². The van der Waals surface area contributed by atoms with E-state index in [0.29, 0.717) is 0 Å². The third kappa shape index (κ3) is 6.55. The highest BCUT2D eigenvalue weighted by Gasteiger charge is 2.22. The Balaban J connectivity index is 3.99. The number of carbonyl (C=O) groups is 1. The first kappa shape index (κ1) is 14.5. The van der Waals surface area contributed by atoms with Gasteiger partial charge in [0.1, 0.15) is 0 Å². The molecule has 0 saturated carbocycles. The molecule has 0 saturated heterocycles. The third-order valence-corrected chi connectivity index (χ3v) is 3.01. The smallest absolute Gasteiger partial charge is 0.306 e. The van der Waals surface area contributed by atoms with E-state index >= 15 is 0 Å². The zero-order valence-electron chi connectivity index (χ0n) is 9.91. The first-order chi connectivity index (χ1) is 7.13. The highest BCUT2D eigenvalue weighted by molar-refractivity contribution is 6.25. The second-order valence-corrected chi connectivity index (χ2v) is 4.25. The van der Waals surface area contributed by atoms with Crippen molar-refractivity contribution in [3.05, 3.63) is 0 Å². The Hall–Kier alpha value is -0.505. The molecule has 0 spiro atoms. The maximum atomic E-state index is 10.9. The van der Waals surface area contributed by atoms with Gasteiger partial charge in [0.2, 0.25) is 0 Å². The van der Waals surface area contributed by atoms with E-state index in [9.17, 15) is 4.79 Å². The Labute approximate surface area is 93.2 Å². The SMILES string of the molecule is CCCCC(CCCBO)C(C)C(=O)O. The Morgan fingerprint density at radius 3 is 2.40 bits per heavy atom. The molecule has 15 heavy (non-hydrogen) atoms. The van der Waals surface area contributed by atoms with E-state index < -0.39 is 5.97 Å². The maximum Gasteiger partial charge on any atom is 0.306 e. The van der Waals surface area contributed by atoms with Gasteiger partial charge in [0.15, 0.2) is 0 Å². The fourth-order valence-corrected chi connectivity index (χ4v) is 1.83. The van der Waals surface area contributed by atoms with Crippen molar-refractivity contribution < 1.29 is 14.9 Å². The van der Waals surface area contributed by atoms with Gasteiger partial charge in [-0.05, 0) is 12.3 Å². The summed E-state index contributed by atoms with van der Waals surface area (Å²) in [4.78, 5) is 10.9. The first-order valence-electron chi connectivity index (χ1n) is 5.97.